The van der Waals surface area contributed by atoms with Gasteiger partial charge in [-0.05, 0) is 29.8 Å². The van der Waals surface area contributed by atoms with Crippen molar-refractivity contribution in [1.29, 1.82) is 0 Å². The fourth-order valence-corrected chi connectivity index (χ4v) is 3.68. The number of aromatic hydroxyl groups is 1. The summed E-state index contributed by atoms with van der Waals surface area (Å²) < 4.78 is 32.5. The zero-order chi connectivity index (χ0) is 23.0. The number of aliphatic hydroxyl groups is 1. The molecule has 2 N–H and O–H groups in total. The Hall–Kier alpha value is -4.20. The Morgan fingerprint density at radius 2 is 1.69 bits per heavy atom. The number of methoxy groups -OCH3 is 1. The first kappa shape index (κ1) is 21.0. The Morgan fingerprint density at radius 1 is 0.969 bits per heavy atom. The van der Waals surface area contributed by atoms with Gasteiger partial charge in [0.05, 0.1) is 18.7 Å². The lowest BCUT2D eigenvalue weighted by molar-refractivity contribution is -0.132. The largest absolute Gasteiger partial charge is 0.507 e. The van der Waals surface area contributed by atoms with E-state index in [0.29, 0.717) is 5.56 Å². The van der Waals surface area contributed by atoms with Crippen molar-refractivity contribution in [1.82, 2.24) is 0 Å². The Bertz CT molecular complexity index is 1260. The van der Waals surface area contributed by atoms with Crippen LogP contribution in [0.3, 0.4) is 0 Å². The number of nitrogens with zero attached hydrogens (tertiary/aromatic N) is 1. The van der Waals surface area contributed by atoms with Gasteiger partial charge in [-0.25, -0.2) is 8.78 Å². The third-order valence-corrected chi connectivity index (χ3v) is 5.19. The topological polar surface area (TPSA) is 87.1 Å². The van der Waals surface area contributed by atoms with Gasteiger partial charge < -0.3 is 14.9 Å². The van der Waals surface area contributed by atoms with Crippen LogP contribution in [0, 0.1) is 11.6 Å². The van der Waals surface area contributed by atoms with E-state index >= 15 is 0 Å². The lowest BCUT2D eigenvalue weighted by Crippen LogP contribution is -2.29. The number of ether oxygens (including phenoxy) is 1. The van der Waals surface area contributed by atoms with E-state index in [2.05, 4.69) is 0 Å². The maximum absolute atomic E-state index is 14.0. The first-order chi connectivity index (χ1) is 15.3. The summed E-state index contributed by atoms with van der Waals surface area (Å²) in [4.78, 5) is 26.9. The van der Waals surface area contributed by atoms with Gasteiger partial charge in [-0.2, -0.15) is 0 Å². The monoisotopic (exact) mass is 437 g/mol. The Balaban J connectivity index is 1.97. The van der Waals surface area contributed by atoms with E-state index in [1.54, 1.807) is 30.3 Å². The number of amides is 1. The van der Waals surface area contributed by atoms with Crippen LogP contribution in [0.2, 0.25) is 0 Å². The first-order valence-corrected chi connectivity index (χ1v) is 9.52. The normalized spacial score (nSPS) is 17.6. The number of halogens is 2. The minimum Gasteiger partial charge on any atom is -0.507 e. The maximum atomic E-state index is 14.0. The average molecular weight is 437 g/mol. The molecule has 162 valence electrons. The lowest BCUT2D eigenvalue weighted by Gasteiger charge is -2.26. The predicted molar refractivity (Wildman–Crippen MR) is 112 cm³/mol. The number of phenolic OH excluding ortho intramolecular Hbond substituents is 1. The fraction of sp³-hybridized carbons (Fsp3) is 0.0833. The molecule has 8 heteroatoms. The third-order valence-electron chi connectivity index (χ3n) is 5.19. The summed E-state index contributed by atoms with van der Waals surface area (Å²) in [6.07, 6.45) is 0. The van der Waals surface area contributed by atoms with Gasteiger partial charge in [0, 0.05) is 17.3 Å². The van der Waals surface area contributed by atoms with Gasteiger partial charge in [0.2, 0.25) is 0 Å². The van der Waals surface area contributed by atoms with Crippen LogP contribution in [0.4, 0.5) is 14.5 Å². The van der Waals surface area contributed by atoms with Crippen molar-refractivity contribution >= 4 is 23.1 Å². The predicted octanol–water partition coefficient (Wildman–Crippen LogP) is 4.31. The van der Waals surface area contributed by atoms with Crippen LogP contribution < -0.4 is 9.64 Å². The minimum atomic E-state index is -1.21. The smallest absolute Gasteiger partial charge is 0.300 e. The zero-order valence-electron chi connectivity index (χ0n) is 16.8. The summed E-state index contributed by atoms with van der Waals surface area (Å²) in [7, 11) is 1.36. The number of phenols is 1. The minimum absolute atomic E-state index is 0.0848. The fourth-order valence-electron chi connectivity index (χ4n) is 3.68. The number of ketones is 1. The van der Waals surface area contributed by atoms with Crippen molar-refractivity contribution in [2.45, 2.75) is 6.04 Å². The Labute approximate surface area is 181 Å². The maximum Gasteiger partial charge on any atom is 0.300 e. The van der Waals surface area contributed by atoms with E-state index in [4.69, 9.17) is 4.74 Å². The van der Waals surface area contributed by atoms with Gasteiger partial charge in [-0.1, -0.05) is 36.4 Å². The molecule has 32 heavy (non-hydrogen) atoms. The highest BCUT2D eigenvalue weighted by Gasteiger charge is 2.47. The van der Waals surface area contributed by atoms with Gasteiger partial charge in [-0.3, -0.25) is 14.5 Å². The summed E-state index contributed by atoms with van der Waals surface area (Å²) >= 11 is 0. The highest BCUT2D eigenvalue weighted by Crippen LogP contribution is 2.44. The first-order valence-electron chi connectivity index (χ1n) is 9.52. The van der Waals surface area contributed by atoms with E-state index in [-0.39, 0.29) is 28.3 Å². The number of aliphatic hydroxyl groups excluding tert-OH is 1. The molecule has 1 aliphatic heterocycles. The molecule has 0 spiro atoms. The number of hydrogen-bond donors (Lipinski definition) is 2. The number of hydrogen-bond acceptors (Lipinski definition) is 5. The molecule has 1 saturated heterocycles. The van der Waals surface area contributed by atoms with Gasteiger partial charge >= 0.3 is 0 Å². The summed E-state index contributed by atoms with van der Waals surface area (Å²) in [5.41, 5.74) is 0.206. The molecule has 1 amide bonds. The second kappa shape index (κ2) is 8.14. The second-order valence-corrected chi connectivity index (χ2v) is 7.06. The molecule has 3 aromatic rings. The lowest BCUT2D eigenvalue weighted by atomic mass is 9.95. The van der Waals surface area contributed by atoms with Crippen molar-refractivity contribution in [3.05, 3.63) is 95.1 Å². The molecule has 0 aliphatic carbocycles. The number of anilines is 1. The van der Waals surface area contributed by atoms with Crippen LogP contribution >= 0.6 is 0 Å². The van der Waals surface area contributed by atoms with Crippen LogP contribution in [-0.2, 0) is 9.59 Å². The standard InChI is InChI=1S/C24H17F2NO5/c1-32-19-10-7-14(11-18(19)28)21-20(22(29)13-5-3-2-4-6-13)23(30)24(31)27(21)15-8-9-16(25)17(26)12-15/h2-12,21,28-29H,1H3/b22-20+. The summed E-state index contributed by atoms with van der Waals surface area (Å²) in [5, 5.41) is 21.2. The molecule has 0 aromatic heterocycles. The summed E-state index contributed by atoms with van der Waals surface area (Å²) in [5.74, 6) is -4.90. The van der Waals surface area contributed by atoms with Gasteiger partial charge in [0.15, 0.2) is 23.1 Å². The van der Waals surface area contributed by atoms with E-state index in [1.807, 2.05) is 0 Å². The molecule has 3 aromatic carbocycles. The molecule has 0 bridgehead atoms. The van der Waals surface area contributed by atoms with Crippen molar-refractivity contribution in [2.24, 2.45) is 0 Å². The average Bonchev–Trinajstić information content (AvgIpc) is 3.06. The van der Waals surface area contributed by atoms with Crippen molar-refractivity contribution < 1.29 is 33.3 Å². The second-order valence-electron chi connectivity index (χ2n) is 7.06. The van der Waals surface area contributed by atoms with Crippen molar-refractivity contribution in [3.8, 4) is 11.5 Å². The highest BCUT2D eigenvalue weighted by molar-refractivity contribution is 6.51. The van der Waals surface area contributed by atoms with E-state index < -0.39 is 35.1 Å². The molecule has 1 atom stereocenters. The van der Waals surface area contributed by atoms with Crippen LogP contribution in [0.15, 0.2) is 72.3 Å². The van der Waals surface area contributed by atoms with Crippen LogP contribution in [0.1, 0.15) is 17.2 Å². The third kappa shape index (κ3) is 3.45. The number of Topliss-reactive ketones (excluding diaryl/α,β-unsaturated/α-hetero) is 1. The number of benzene rings is 3. The number of carbonyl (C=O) groups is 2. The Kier molecular flexibility index (Phi) is 5.36. The quantitative estimate of drug-likeness (QED) is 0.361. The zero-order valence-corrected chi connectivity index (χ0v) is 16.8. The number of rotatable bonds is 4. The molecule has 6 nitrogen and oxygen atoms in total. The molecular formula is C24H17F2NO5. The Morgan fingerprint density at radius 3 is 2.31 bits per heavy atom. The highest BCUT2D eigenvalue weighted by atomic mass is 19.2. The molecule has 0 saturated carbocycles. The van der Waals surface area contributed by atoms with Crippen LogP contribution in [-0.4, -0.2) is 29.0 Å². The molecule has 1 unspecified atom stereocenters. The summed E-state index contributed by atoms with van der Waals surface area (Å²) in [6, 6.07) is 13.9. The SMILES string of the molecule is COc1ccc(C2/C(=C(\O)c3ccccc3)C(=O)C(=O)N2c2ccc(F)c(F)c2)cc1O. The van der Waals surface area contributed by atoms with E-state index in [9.17, 15) is 28.6 Å². The van der Waals surface area contributed by atoms with Crippen molar-refractivity contribution in [2.75, 3.05) is 12.0 Å². The molecule has 4 rings (SSSR count). The molecule has 1 fully saturated rings. The van der Waals surface area contributed by atoms with Crippen LogP contribution in [0.5, 0.6) is 11.5 Å². The van der Waals surface area contributed by atoms with Gasteiger partial charge in [0.1, 0.15) is 5.76 Å². The van der Waals surface area contributed by atoms with Gasteiger partial charge in [-0.15, -0.1) is 0 Å². The molecule has 1 heterocycles. The summed E-state index contributed by atoms with van der Waals surface area (Å²) in [6.45, 7) is 0. The van der Waals surface area contributed by atoms with Crippen molar-refractivity contribution in [3.63, 3.8) is 0 Å². The van der Waals surface area contributed by atoms with Crippen LogP contribution in [0.25, 0.3) is 5.76 Å². The molecular weight excluding hydrogens is 420 g/mol. The van der Waals surface area contributed by atoms with E-state index in [0.717, 1.165) is 23.1 Å². The molecule has 0 radical (unpaired) electrons. The number of carbonyl (C=O) groups excluding carboxylic acids is 2. The van der Waals surface area contributed by atoms with Gasteiger partial charge in [0.25, 0.3) is 11.7 Å². The van der Waals surface area contributed by atoms with E-state index in [1.165, 1.54) is 25.3 Å². The molecule has 1 aliphatic rings.